The SMILES string of the molecule is CCOC(=O)N1CC[C@]2(O)CCCC[C@@H]2[C@@H]1c1ccc(O)c(OCC)c1. The summed E-state index contributed by atoms with van der Waals surface area (Å²) >= 11 is 0. The van der Waals surface area contributed by atoms with E-state index in [0.29, 0.717) is 31.9 Å². The summed E-state index contributed by atoms with van der Waals surface area (Å²) in [6.45, 7) is 4.87. The lowest BCUT2D eigenvalue weighted by atomic mass is 9.66. The standard InChI is InChI=1S/C20H29NO5/c1-3-25-17-13-14(8-9-16(17)22)18-15-7-5-6-10-20(15,24)11-12-21(18)19(23)26-4-2/h8-9,13,15,18,22,24H,3-7,10-12H2,1-2H3/t15-,18+,20-/m1/s1. The molecule has 1 aromatic rings. The van der Waals surface area contributed by atoms with E-state index in [0.717, 1.165) is 31.2 Å². The van der Waals surface area contributed by atoms with Crippen LogP contribution < -0.4 is 4.74 Å². The number of aliphatic hydroxyl groups is 1. The smallest absolute Gasteiger partial charge is 0.410 e. The third-order valence-corrected chi connectivity index (χ3v) is 5.70. The van der Waals surface area contributed by atoms with Crippen molar-refractivity contribution in [3.8, 4) is 11.5 Å². The van der Waals surface area contributed by atoms with E-state index < -0.39 is 5.60 Å². The molecule has 0 aromatic heterocycles. The third kappa shape index (κ3) is 3.47. The van der Waals surface area contributed by atoms with Gasteiger partial charge in [-0.25, -0.2) is 4.79 Å². The van der Waals surface area contributed by atoms with E-state index in [1.807, 2.05) is 13.0 Å². The lowest BCUT2D eigenvalue weighted by Gasteiger charge is -2.52. The summed E-state index contributed by atoms with van der Waals surface area (Å²) in [4.78, 5) is 14.3. The van der Waals surface area contributed by atoms with Crippen LogP contribution in [0.5, 0.6) is 11.5 Å². The number of nitrogens with zero attached hydrogens (tertiary/aromatic N) is 1. The lowest BCUT2D eigenvalue weighted by Crippen LogP contribution is -2.56. The lowest BCUT2D eigenvalue weighted by molar-refractivity contribution is -0.118. The molecule has 0 unspecified atom stereocenters. The van der Waals surface area contributed by atoms with E-state index in [9.17, 15) is 15.0 Å². The molecular formula is C20H29NO5. The minimum absolute atomic E-state index is 0.0478. The van der Waals surface area contributed by atoms with E-state index in [1.165, 1.54) is 0 Å². The van der Waals surface area contributed by atoms with Crippen molar-refractivity contribution in [1.82, 2.24) is 4.90 Å². The summed E-state index contributed by atoms with van der Waals surface area (Å²) in [6, 6.07) is 4.92. The van der Waals surface area contributed by atoms with Crippen LogP contribution in [0.15, 0.2) is 18.2 Å². The second kappa shape index (κ2) is 7.74. The van der Waals surface area contributed by atoms with Gasteiger partial charge in [0.05, 0.1) is 24.9 Å². The fourth-order valence-electron chi connectivity index (χ4n) is 4.49. The summed E-state index contributed by atoms with van der Waals surface area (Å²) in [5.41, 5.74) is 0.111. The predicted octanol–water partition coefficient (Wildman–Crippen LogP) is 3.62. The van der Waals surface area contributed by atoms with Crippen LogP contribution in [0.25, 0.3) is 0 Å². The Hall–Kier alpha value is -1.95. The molecule has 2 fully saturated rings. The number of benzene rings is 1. The van der Waals surface area contributed by atoms with Crippen molar-refractivity contribution in [2.45, 2.75) is 57.6 Å². The molecular weight excluding hydrogens is 334 g/mol. The zero-order valence-electron chi connectivity index (χ0n) is 15.6. The van der Waals surface area contributed by atoms with Gasteiger partial charge in [0.2, 0.25) is 0 Å². The average molecular weight is 363 g/mol. The van der Waals surface area contributed by atoms with Gasteiger partial charge < -0.3 is 24.6 Å². The van der Waals surface area contributed by atoms with Crippen LogP contribution in [0.1, 0.15) is 57.6 Å². The van der Waals surface area contributed by atoms with Crippen molar-refractivity contribution in [3.05, 3.63) is 23.8 Å². The third-order valence-electron chi connectivity index (χ3n) is 5.70. The Morgan fingerprint density at radius 2 is 2.08 bits per heavy atom. The molecule has 0 bridgehead atoms. The van der Waals surface area contributed by atoms with Crippen LogP contribution in [0, 0.1) is 5.92 Å². The van der Waals surface area contributed by atoms with Crippen LogP contribution >= 0.6 is 0 Å². The zero-order valence-corrected chi connectivity index (χ0v) is 15.6. The van der Waals surface area contributed by atoms with E-state index in [2.05, 4.69) is 0 Å². The van der Waals surface area contributed by atoms with Gasteiger partial charge in [0.1, 0.15) is 0 Å². The van der Waals surface area contributed by atoms with Crippen molar-refractivity contribution in [2.24, 2.45) is 5.92 Å². The molecule has 0 spiro atoms. The van der Waals surface area contributed by atoms with Gasteiger partial charge in [0.15, 0.2) is 11.5 Å². The van der Waals surface area contributed by atoms with E-state index in [1.54, 1.807) is 24.0 Å². The number of hydrogen-bond acceptors (Lipinski definition) is 5. The number of rotatable bonds is 4. The minimum Gasteiger partial charge on any atom is -0.504 e. The van der Waals surface area contributed by atoms with E-state index in [-0.39, 0.29) is 23.8 Å². The largest absolute Gasteiger partial charge is 0.504 e. The monoisotopic (exact) mass is 363 g/mol. The number of phenolic OH excluding ortho intramolecular Hbond substituents is 1. The molecule has 144 valence electrons. The molecule has 1 amide bonds. The molecule has 0 radical (unpaired) electrons. The molecule has 1 saturated heterocycles. The fraction of sp³-hybridized carbons (Fsp3) is 0.650. The molecule has 1 aromatic carbocycles. The molecule has 2 aliphatic rings. The normalized spacial score (nSPS) is 28.3. The Morgan fingerprint density at radius 3 is 2.81 bits per heavy atom. The molecule has 1 aliphatic heterocycles. The average Bonchev–Trinajstić information content (AvgIpc) is 2.62. The van der Waals surface area contributed by atoms with E-state index in [4.69, 9.17) is 9.47 Å². The maximum absolute atomic E-state index is 12.6. The zero-order chi connectivity index (χ0) is 18.7. The number of carbonyl (C=O) groups excluding carboxylic acids is 1. The van der Waals surface area contributed by atoms with Gasteiger partial charge in [-0.15, -0.1) is 0 Å². The van der Waals surface area contributed by atoms with Gasteiger partial charge in [-0.2, -0.15) is 0 Å². The first-order valence-corrected chi connectivity index (χ1v) is 9.61. The molecule has 6 nitrogen and oxygen atoms in total. The number of amides is 1. The number of piperidine rings is 1. The van der Waals surface area contributed by atoms with Gasteiger partial charge in [-0.3, -0.25) is 0 Å². The summed E-state index contributed by atoms with van der Waals surface area (Å²) < 4.78 is 10.8. The maximum atomic E-state index is 12.6. The van der Waals surface area contributed by atoms with Gasteiger partial charge >= 0.3 is 6.09 Å². The molecule has 3 atom stereocenters. The van der Waals surface area contributed by atoms with Gasteiger partial charge in [0.25, 0.3) is 0 Å². The second-order valence-corrected chi connectivity index (χ2v) is 7.20. The van der Waals surface area contributed by atoms with E-state index >= 15 is 0 Å². The van der Waals surface area contributed by atoms with Gasteiger partial charge in [-0.05, 0) is 50.8 Å². The van der Waals surface area contributed by atoms with Crippen LogP contribution in [0.2, 0.25) is 0 Å². The topological polar surface area (TPSA) is 79.2 Å². The molecule has 6 heteroatoms. The second-order valence-electron chi connectivity index (χ2n) is 7.20. The first kappa shape index (κ1) is 18.8. The van der Waals surface area contributed by atoms with Gasteiger partial charge in [0, 0.05) is 12.5 Å². The Labute approximate surface area is 154 Å². The number of aromatic hydroxyl groups is 1. The number of ether oxygens (including phenoxy) is 2. The van der Waals surface area contributed by atoms with Crippen molar-refractivity contribution in [2.75, 3.05) is 19.8 Å². The highest BCUT2D eigenvalue weighted by Gasteiger charge is 2.50. The molecule has 2 N–H and O–H groups in total. The first-order valence-electron chi connectivity index (χ1n) is 9.61. The van der Waals surface area contributed by atoms with Crippen molar-refractivity contribution >= 4 is 6.09 Å². The van der Waals surface area contributed by atoms with Crippen LogP contribution in [0.3, 0.4) is 0 Å². The Balaban J connectivity index is 2.01. The van der Waals surface area contributed by atoms with Crippen molar-refractivity contribution in [3.63, 3.8) is 0 Å². The Kier molecular flexibility index (Phi) is 5.61. The summed E-state index contributed by atoms with van der Waals surface area (Å²) in [6.07, 6.45) is 3.90. The predicted molar refractivity (Wildman–Crippen MR) is 97.3 cm³/mol. The minimum atomic E-state index is -0.754. The number of likely N-dealkylation sites (tertiary alicyclic amines) is 1. The quantitative estimate of drug-likeness (QED) is 0.854. The van der Waals surface area contributed by atoms with Crippen LogP contribution in [-0.4, -0.2) is 46.6 Å². The van der Waals surface area contributed by atoms with Crippen molar-refractivity contribution in [1.29, 1.82) is 0 Å². The Bertz CT molecular complexity index is 649. The van der Waals surface area contributed by atoms with Crippen LogP contribution in [-0.2, 0) is 4.74 Å². The summed E-state index contributed by atoms with van der Waals surface area (Å²) in [5.74, 6) is 0.431. The fourth-order valence-corrected chi connectivity index (χ4v) is 4.49. The molecule has 1 saturated carbocycles. The highest BCUT2D eigenvalue weighted by Crippen LogP contribution is 2.50. The van der Waals surface area contributed by atoms with Crippen molar-refractivity contribution < 1.29 is 24.5 Å². The summed E-state index contributed by atoms with van der Waals surface area (Å²) in [5, 5.41) is 21.2. The molecule has 3 rings (SSSR count). The number of hydrogen-bond donors (Lipinski definition) is 2. The summed E-state index contributed by atoms with van der Waals surface area (Å²) in [7, 11) is 0. The van der Waals surface area contributed by atoms with Crippen LogP contribution in [0.4, 0.5) is 4.79 Å². The maximum Gasteiger partial charge on any atom is 0.410 e. The molecule has 1 aliphatic carbocycles. The molecule has 1 heterocycles. The molecule has 26 heavy (non-hydrogen) atoms. The van der Waals surface area contributed by atoms with Gasteiger partial charge in [-0.1, -0.05) is 18.9 Å². The highest BCUT2D eigenvalue weighted by molar-refractivity contribution is 5.69. The highest BCUT2D eigenvalue weighted by atomic mass is 16.6. The number of phenols is 1. The Morgan fingerprint density at radius 1 is 1.27 bits per heavy atom. The number of carbonyl (C=O) groups is 1. The number of fused-ring (bicyclic) bond motifs is 1. The first-order chi connectivity index (χ1) is 12.5.